The molecule has 0 atom stereocenters. The number of nitrogens with zero attached hydrogens (tertiary/aromatic N) is 4. The van der Waals surface area contributed by atoms with Crippen LogP contribution < -0.4 is 4.90 Å². The normalized spacial score (nSPS) is 15.2. The Morgan fingerprint density at radius 2 is 2.14 bits per heavy atom. The van der Waals surface area contributed by atoms with Gasteiger partial charge in [-0.05, 0) is 17.7 Å². The Morgan fingerprint density at radius 3 is 2.86 bits per heavy atom. The lowest BCUT2D eigenvalue weighted by Crippen LogP contribution is -2.29. The molecule has 1 aliphatic rings. The Bertz CT molecular complexity index is 672. The molecule has 0 bridgehead atoms. The molecule has 3 rings (SSSR count). The van der Waals surface area contributed by atoms with Crippen molar-refractivity contribution in [2.24, 2.45) is 0 Å². The van der Waals surface area contributed by atoms with Gasteiger partial charge in [-0.2, -0.15) is 0 Å². The zero-order valence-corrected chi connectivity index (χ0v) is 12.4. The van der Waals surface area contributed by atoms with E-state index in [4.69, 9.17) is 5.11 Å². The monoisotopic (exact) mass is 298 g/mol. The quantitative estimate of drug-likeness (QED) is 0.928. The number of carboxylic acid groups (broad SMARTS) is 1. The van der Waals surface area contributed by atoms with E-state index in [1.807, 2.05) is 18.3 Å². The summed E-state index contributed by atoms with van der Waals surface area (Å²) in [5.74, 6) is 0.0345. The van der Waals surface area contributed by atoms with Crippen LogP contribution in [0.15, 0.2) is 36.7 Å². The predicted octanol–water partition coefficient (Wildman–Crippen LogP) is 1.63. The van der Waals surface area contributed by atoms with Gasteiger partial charge in [-0.1, -0.05) is 12.1 Å². The van der Waals surface area contributed by atoms with Crippen LogP contribution in [0.1, 0.15) is 21.6 Å². The Labute approximate surface area is 129 Å². The summed E-state index contributed by atoms with van der Waals surface area (Å²) >= 11 is 0. The largest absolute Gasteiger partial charge is 0.477 e. The Balaban J connectivity index is 1.75. The molecule has 3 heterocycles. The second kappa shape index (κ2) is 6.11. The van der Waals surface area contributed by atoms with Gasteiger partial charge in [0.25, 0.3) is 0 Å². The van der Waals surface area contributed by atoms with Gasteiger partial charge in [0, 0.05) is 51.2 Å². The van der Waals surface area contributed by atoms with Gasteiger partial charge in [0.1, 0.15) is 11.5 Å². The summed E-state index contributed by atoms with van der Waals surface area (Å²) in [6.45, 7) is 3.40. The fourth-order valence-electron chi connectivity index (χ4n) is 2.65. The van der Waals surface area contributed by atoms with E-state index >= 15 is 0 Å². The molecular weight excluding hydrogens is 280 g/mol. The molecule has 0 amide bonds. The summed E-state index contributed by atoms with van der Waals surface area (Å²) in [6.07, 6.45) is 3.46. The fraction of sp³-hybridized carbons (Fsp3) is 0.312. The minimum absolute atomic E-state index is 0.0777. The van der Waals surface area contributed by atoms with Gasteiger partial charge in [0.05, 0.1) is 0 Å². The number of aromatic carboxylic acids is 1. The molecule has 1 aliphatic heterocycles. The molecular formula is C16H18N4O2. The number of hydrogen-bond donors (Lipinski definition) is 1. The van der Waals surface area contributed by atoms with Crippen molar-refractivity contribution >= 4 is 11.8 Å². The van der Waals surface area contributed by atoms with Gasteiger partial charge < -0.3 is 10.0 Å². The van der Waals surface area contributed by atoms with Crippen LogP contribution in [-0.4, -0.2) is 46.1 Å². The SMILES string of the molecule is CN1CCN(Cc2ccc(C(=O)O)nc2)Cc2cccnc21. The zero-order valence-electron chi connectivity index (χ0n) is 12.4. The lowest BCUT2D eigenvalue weighted by molar-refractivity contribution is 0.0690. The average molecular weight is 298 g/mol. The van der Waals surface area contributed by atoms with Crippen LogP contribution in [0.5, 0.6) is 0 Å². The fourth-order valence-corrected chi connectivity index (χ4v) is 2.65. The standard InChI is InChI=1S/C16H18N4O2/c1-19-7-8-20(11-13-3-2-6-17-15(13)19)10-12-4-5-14(16(21)22)18-9-12/h2-6,9H,7-8,10-11H2,1H3,(H,21,22). The van der Waals surface area contributed by atoms with Crippen LogP contribution in [0.25, 0.3) is 0 Å². The summed E-state index contributed by atoms with van der Waals surface area (Å²) in [6, 6.07) is 7.44. The van der Waals surface area contributed by atoms with E-state index < -0.39 is 5.97 Å². The first-order valence-electron chi connectivity index (χ1n) is 7.19. The Kier molecular flexibility index (Phi) is 4.02. The van der Waals surface area contributed by atoms with Gasteiger partial charge in [-0.25, -0.2) is 14.8 Å². The lowest BCUT2D eigenvalue weighted by Gasteiger charge is -2.20. The number of likely N-dealkylation sites (N-methyl/N-ethyl adjacent to an activating group) is 1. The number of rotatable bonds is 3. The first kappa shape index (κ1) is 14.5. The van der Waals surface area contributed by atoms with Crippen molar-refractivity contribution in [1.82, 2.24) is 14.9 Å². The number of carboxylic acids is 1. The van der Waals surface area contributed by atoms with Crippen molar-refractivity contribution in [3.05, 3.63) is 53.5 Å². The molecule has 2 aromatic rings. The second-order valence-corrected chi connectivity index (χ2v) is 5.48. The number of carbonyl (C=O) groups is 1. The van der Waals surface area contributed by atoms with E-state index in [1.165, 1.54) is 5.56 Å². The van der Waals surface area contributed by atoms with Crippen LogP contribution in [0, 0.1) is 0 Å². The van der Waals surface area contributed by atoms with Gasteiger partial charge in [0.2, 0.25) is 0 Å². The molecule has 0 saturated carbocycles. The number of aromatic nitrogens is 2. The maximum Gasteiger partial charge on any atom is 0.354 e. The van der Waals surface area contributed by atoms with Gasteiger partial charge in [0.15, 0.2) is 0 Å². The van der Waals surface area contributed by atoms with Crippen LogP contribution >= 0.6 is 0 Å². The van der Waals surface area contributed by atoms with Gasteiger partial charge in [-0.3, -0.25) is 4.90 Å². The van der Waals surface area contributed by atoms with Crippen molar-refractivity contribution in [3.8, 4) is 0 Å². The average Bonchev–Trinajstić information content (AvgIpc) is 2.68. The summed E-state index contributed by atoms with van der Waals surface area (Å²) in [5.41, 5.74) is 2.30. The third-order valence-corrected chi connectivity index (χ3v) is 3.82. The molecule has 0 aromatic carbocycles. The highest BCUT2D eigenvalue weighted by Crippen LogP contribution is 2.22. The highest BCUT2D eigenvalue weighted by molar-refractivity contribution is 5.85. The minimum atomic E-state index is -0.997. The van der Waals surface area contributed by atoms with Crippen molar-refractivity contribution in [2.75, 3.05) is 25.0 Å². The van der Waals surface area contributed by atoms with Crippen molar-refractivity contribution < 1.29 is 9.90 Å². The maximum absolute atomic E-state index is 10.8. The molecule has 6 nitrogen and oxygen atoms in total. The summed E-state index contributed by atoms with van der Waals surface area (Å²) in [7, 11) is 2.05. The third kappa shape index (κ3) is 3.07. The highest BCUT2D eigenvalue weighted by atomic mass is 16.4. The van der Waals surface area contributed by atoms with Crippen LogP contribution in [0.2, 0.25) is 0 Å². The molecule has 0 radical (unpaired) electrons. The first-order chi connectivity index (χ1) is 10.6. The summed E-state index contributed by atoms with van der Waals surface area (Å²) in [5, 5.41) is 8.89. The number of pyridine rings is 2. The highest BCUT2D eigenvalue weighted by Gasteiger charge is 2.18. The maximum atomic E-state index is 10.8. The van der Waals surface area contributed by atoms with Gasteiger partial charge in [-0.15, -0.1) is 0 Å². The lowest BCUT2D eigenvalue weighted by atomic mass is 10.2. The number of anilines is 1. The van der Waals surface area contributed by atoms with E-state index in [-0.39, 0.29) is 5.69 Å². The topological polar surface area (TPSA) is 69.6 Å². The zero-order chi connectivity index (χ0) is 15.5. The molecule has 0 saturated heterocycles. The van der Waals surface area contributed by atoms with Crippen molar-refractivity contribution in [3.63, 3.8) is 0 Å². The van der Waals surface area contributed by atoms with E-state index in [0.29, 0.717) is 0 Å². The summed E-state index contributed by atoms with van der Waals surface area (Å²) in [4.78, 5) is 23.8. The minimum Gasteiger partial charge on any atom is -0.477 e. The van der Waals surface area contributed by atoms with Crippen LogP contribution in [0.4, 0.5) is 5.82 Å². The Hall–Kier alpha value is -2.47. The van der Waals surface area contributed by atoms with E-state index in [2.05, 4.69) is 32.9 Å². The van der Waals surface area contributed by atoms with Gasteiger partial charge >= 0.3 is 5.97 Å². The Morgan fingerprint density at radius 1 is 1.27 bits per heavy atom. The molecule has 0 spiro atoms. The molecule has 1 N–H and O–H groups in total. The molecule has 6 heteroatoms. The molecule has 0 fully saturated rings. The van der Waals surface area contributed by atoms with Crippen molar-refractivity contribution in [1.29, 1.82) is 0 Å². The van der Waals surface area contributed by atoms with E-state index in [9.17, 15) is 4.79 Å². The number of fused-ring (bicyclic) bond motifs is 1. The van der Waals surface area contributed by atoms with Crippen molar-refractivity contribution in [2.45, 2.75) is 13.1 Å². The second-order valence-electron chi connectivity index (χ2n) is 5.48. The predicted molar refractivity (Wildman–Crippen MR) is 82.8 cm³/mol. The molecule has 114 valence electrons. The van der Waals surface area contributed by atoms with E-state index in [1.54, 1.807) is 12.3 Å². The molecule has 2 aromatic heterocycles. The van der Waals surface area contributed by atoms with Crippen LogP contribution in [0.3, 0.4) is 0 Å². The first-order valence-corrected chi connectivity index (χ1v) is 7.19. The molecule has 0 unspecified atom stereocenters. The smallest absolute Gasteiger partial charge is 0.354 e. The molecule has 0 aliphatic carbocycles. The molecule has 22 heavy (non-hydrogen) atoms. The van der Waals surface area contributed by atoms with Crippen LogP contribution in [-0.2, 0) is 13.1 Å². The third-order valence-electron chi connectivity index (χ3n) is 3.82. The number of hydrogen-bond acceptors (Lipinski definition) is 5. The summed E-state index contributed by atoms with van der Waals surface area (Å²) < 4.78 is 0. The van der Waals surface area contributed by atoms with E-state index in [0.717, 1.165) is 37.6 Å².